The van der Waals surface area contributed by atoms with Crippen molar-refractivity contribution in [2.45, 2.75) is 57.9 Å². The fourth-order valence-electron chi connectivity index (χ4n) is 6.39. The highest BCUT2D eigenvalue weighted by Gasteiger charge is 2.30. The molecular formula is C37H39F3N3O4+. The highest BCUT2D eigenvalue weighted by atomic mass is 19.4. The molecule has 7 nitrogen and oxygen atoms in total. The number of amides is 2. The number of ether oxygens (including phenoxy) is 2. The van der Waals surface area contributed by atoms with E-state index in [4.69, 9.17) is 9.47 Å². The lowest BCUT2D eigenvalue weighted by molar-refractivity contribution is -0.702. The first-order valence-electron chi connectivity index (χ1n) is 16.2. The van der Waals surface area contributed by atoms with Crippen molar-refractivity contribution in [3.05, 3.63) is 101 Å². The maximum atomic E-state index is 13.2. The number of rotatable bonds is 8. The monoisotopic (exact) mass is 646 g/mol. The summed E-state index contributed by atoms with van der Waals surface area (Å²) in [6, 6.07) is 17.1. The Bertz CT molecular complexity index is 1710. The van der Waals surface area contributed by atoms with Gasteiger partial charge in [0.15, 0.2) is 18.9 Å². The fraction of sp³-hybridized carbons (Fsp3) is 0.378. The van der Waals surface area contributed by atoms with E-state index < -0.39 is 11.7 Å². The Morgan fingerprint density at radius 2 is 1.64 bits per heavy atom. The molecule has 3 heterocycles. The molecule has 47 heavy (non-hydrogen) atoms. The minimum Gasteiger partial charge on any atom is -0.457 e. The number of pyridine rings is 1. The molecule has 2 saturated heterocycles. The molecule has 1 atom stereocenters. The highest BCUT2D eigenvalue weighted by molar-refractivity contribution is 6.01. The number of halogens is 3. The van der Waals surface area contributed by atoms with E-state index in [1.54, 1.807) is 24.3 Å². The molecule has 3 aromatic carbocycles. The molecule has 0 bridgehead atoms. The molecule has 2 aliphatic rings. The minimum atomic E-state index is -4.40. The summed E-state index contributed by atoms with van der Waals surface area (Å²) in [6.07, 6.45) is 4.81. The van der Waals surface area contributed by atoms with Gasteiger partial charge in [-0.25, -0.2) is 4.57 Å². The van der Waals surface area contributed by atoms with E-state index in [9.17, 15) is 22.8 Å². The number of benzene rings is 3. The predicted molar refractivity (Wildman–Crippen MR) is 171 cm³/mol. The van der Waals surface area contributed by atoms with Gasteiger partial charge in [0, 0.05) is 54.7 Å². The Hall–Kier alpha value is -4.44. The number of nitrogens with one attached hydrogen (secondary N) is 1. The summed E-state index contributed by atoms with van der Waals surface area (Å²) in [5.74, 6) is 0.990. The minimum absolute atomic E-state index is 0.0561. The van der Waals surface area contributed by atoms with Gasteiger partial charge in [0.05, 0.1) is 11.7 Å². The van der Waals surface area contributed by atoms with Crippen LogP contribution in [0.1, 0.15) is 63.9 Å². The van der Waals surface area contributed by atoms with Gasteiger partial charge in [-0.2, -0.15) is 13.2 Å². The second-order valence-electron chi connectivity index (χ2n) is 12.5. The third-order valence-electron chi connectivity index (χ3n) is 9.19. The van der Waals surface area contributed by atoms with Gasteiger partial charge in [0.2, 0.25) is 0 Å². The van der Waals surface area contributed by atoms with Crippen LogP contribution in [0.2, 0.25) is 0 Å². The number of aryl methyl sites for hydroxylation is 1. The number of nitrogens with zero attached hydrogens (tertiary/aromatic N) is 2. The summed E-state index contributed by atoms with van der Waals surface area (Å²) >= 11 is 0. The van der Waals surface area contributed by atoms with E-state index >= 15 is 0 Å². The molecule has 0 spiro atoms. The van der Waals surface area contributed by atoms with Crippen LogP contribution in [0.15, 0.2) is 79.1 Å². The zero-order chi connectivity index (χ0) is 33.0. The van der Waals surface area contributed by atoms with E-state index in [-0.39, 0.29) is 23.7 Å². The SMILES string of the molecule is Cc1c(C(=O)NC[C@@H]2CCCCO2)ccc2cc[n+](CC3CCN(C(=O)c4ccc(Oc5ccc(C(F)(F)F)cc5)cc4)CC3)cc12. The number of carbonyl (C=O) groups excluding carboxylic acids is 2. The van der Waals surface area contributed by atoms with Crippen molar-refractivity contribution in [1.82, 2.24) is 10.2 Å². The second kappa shape index (κ2) is 14.1. The quantitative estimate of drug-likeness (QED) is 0.208. The lowest BCUT2D eigenvalue weighted by Crippen LogP contribution is -2.44. The van der Waals surface area contributed by atoms with Crippen molar-refractivity contribution < 1.29 is 36.8 Å². The van der Waals surface area contributed by atoms with Crippen LogP contribution in [0.25, 0.3) is 10.8 Å². The van der Waals surface area contributed by atoms with Crippen molar-refractivity contribution in [2.75, 3.05) is 26.2 Å². The lowest BCUT2D eigenvalue weighted by Gasteiger charge is -2.31. The predicted octanol–water partition coefficient (Wildman–Crippen LogP) is 7.10. The van der Waals surface area contributed by atoms with E-state index in [2.05, 4.69) is 28.3 Å². The van der Waals surface area contributed by atoms with Crippen LogP contribution in [-0.2, 0) is 17.5 Å². The number of piperidine rings is 1. The van der Waals surface area contributed by atoms with Gasteiger partial charge in [-0.15, -0.1) is 0 Å². The summed E-state index contributed by atoms with van der Waals surface area (Å²) < 4.78 is 52.0. The summed E-state index contributed by atoms with van der Waals surface area (Å²) in [7, 11) is 0. The molecule has 10 heteroatoms. The van der Waals surface area contributed by atoms with Crippen LogP contribution < -0.4 is 14.6 Å². The van der Waals surface area contributed by atoms with Gasteiger partial charge in [-0.05, 0) is 105 Å². The van der Waals surface area contributed by atoms with E-state index in [1.807, 2.05) is 24.0 Å². The molecule has 0 saturated carbocycles. The van der Waals surface area contributed by atoms with Gasteiger partial charge in [-0.1, -0.05) is 6.07 Å². The van der Waals surface area contributed by atoms with E-state index in [1.165, 1.54) is 12.1 Å². The molecular weight excluding hydrogens is 607 g/mol. The highest BCUT2D eigenvalue weighted by Crippen LogP contribution is 2.31. The summed E-state index contributed by atoms with van der Waals surface area (Å²) in [4.78, 5) is 28.1. The molecule has 2 aliphatic heterocycles. The van der Waals surface area contributed by atoms with Crippen LogP contribution >= 0.6 is 0 Å². The van der Waals surface area contributed by atoms with Gasteiger partial charge in [0.1, 0.15) is 11.5 Å². The smallest absolute Gasteiger partial charge is 0.416 e. The molecule has 0 aliphatic carbocycles. The maximum absolute atomic E-state index is 13.2. The molecule has 4 aromatic rings. The average Bonchev–Trinajstić information content (AvgIpc) is 3.08. The first-order valence-corrected chi connectivity index (χ1v) is 16.2. The zero-order valence-corrected chi connectivity index (χ0v) is 26.4. The molecule has 0 unspecified atom stereocenters. The Balaban J connectivity index is 1.02. The van der Waals surface area contributed by atoms with E-state index in [0.717, 1.165) is 73.7 Å². The number of likely N-dealkylation sites (tertiary alicyclic amines) is 1. The van der Waals surface area contributed by atoms with Crippen LogP contribution in [0, 0.1) is 12.8 Å². The Kier molecular flexibility index (Phi) is 9.77. The molecule has 246 valence electrons. The number of fused-ring (bicyclic) bond motifs is 1. The van der Waals surface area contributed by atoms with Crippen molar-refractivity contribution in [1.29, 1.82) is 0 Å². The average molecular weight is 647 g/mol. The molecule has 1 N–H and O–H groups in total. The fourth-order valence-corrected chi connectivity index (χ4v) is 6.39. The standard InChI is InChI=1S/C37H38F3N3O4/c1-25-33(35(44)41-22-32-4-2-3-21-46-32)14-7-27-17-18-42(24-34(25)27)23-26-15-19-43(20-16-26)36(45)28-5-10-30(11-6-28)47-31-12-8-29(9-13-31)37(38,39)40/h5-14,17-18,24,26,32H,2-4,15-16,19-23H2,1H3/p+1/t32-/m0/s1. The molecule has 6 rings (SSSR count). The summed E-state index contributed by atoms with van der Waals surface area (Å²) in [5.41, 5.74) is 1.43. The van der Waals surface area contributed by atoms with Crippen LogP contribution in [-0.4, -0.2) is 49.1 Å². The van der Waals surface area contributed by atoms with Crippen LogP contribution in [0.3, 0.4) is 0 Å². The lowest BCUT2D eigenvalue weighted by atomic mass is 9.95. The number of carbonyl (C=O) groups is 2. The largest absolute Gasteiger partial charge is 0.457 e. The Morgan fingerprint density at radius 3 is 2.30 bits per heavy atom. The normalized spacial score (nSPS) is 17.4. The second-order valence-corrected chi connectivity index (χ2v) is 12.5. The van der Waals surface area contributed by atoms with Crippen molar-refractivity contribution in [3.63, 3.8) is 0 Å². The van der Waals surface area contributed by atoms with Gasteiger partial charge in [0.25, 0.3) is 11.8 Å². The Labute approximate surface area is 272 Å². The van der Waals surface area contributed by atoms with Crippen LogP contribution in [0.5, 0.6) is 11.5 Å². The van der Waals surface area contributed by atoms with Crippen molar-refractivity contribution in [3.8, 4) is 11.5 Å². The third kappa shape index (κ3) is 7.93. The number of aromatic nitrogens is 1. The zero-order valence-electron chi connectivity index (χ0n) is 26.4. The molecule has 1 aromatic heterocycles. The summed E-state index contributed by atoms with van der Waals surface area (Å²) in [6.45, 7) is 5.40. The third-order valence-corrected chi connectivity index (χ3v) is 9.19. The first-order chi connectivity index (χ1) is 22.6. The van der Waals surface area contributed by atoms with Crippen molar-refractivity contribution in [2.24, 2.45) is 5.92 Å². The molecule has 2 amide bonds. The van der Waals surface area contributed by atoms with Gasteiger partial charge < -0.3 is 19.7 Å². The van der Waals surface area contributed by atoms with Crippen molar-refractivity contribution >= 4 is 22.6 Å². The Morgan fingerprint density at radius 1 is 0.936 bits per heavy atom. The topological polar surface area (TPSA) is 71.8 Å². The van der Waals surface area contributed by atoms with Gasteiger partial charge in [-0.3, -0.25) is 9.59 Å². The van der Waals surface area contributed by atoms with E-state index in [0.29, 0.717) is 42.4 Å². The number of hydrogen-bond donors (Lipinski definition) is 1. The summed E-state index contributed by atoms with van der Waals surface area (Å²) in [5, 5.41) is 5.19. The maximum Gasteiger partial charge on any atom is 0.416 e. The molecule has 2 fully saturated rings. The number of alkyl halides is 3. The van der Waals surface area contributed by atoms with Gasteiger partial charge >= 0.3 is 6.18 Å². The van der Waals surface area contributed by atoms with Crippen LogP contribution in [0.4, 0.5) is 13.2 Å². The number of hydrogen-bond acceptors (Lipinski definition) is 4. The first kappa shape index (κ1) is 32.5. The molecule has 0 radical (unpaired) electrons.